The molecule has 0 atom stereocenters. The molecule has 1 heterocycles. The zero-order valence-electron chi connectivity index (χ0n) is 9.57. The zero-order chi connectivity index (χ0) is 11.4. The maximum Gasteiger partial charge on any atom is 0.223 e. The van der Waals surface area contributed by atoms with Crippen LogP contribution >= 0.6 is 0 Å². The third-order valence-electron chi connectivity index (χ3n) is 2.72. The Morgan fingerprint density at radius 3 is 3.12 bits per heavy atom. The van der Waals surface area contributed by atoms with Crippen molar-refractivity contribution >= 4 is 5.91 Å². The minimum absolute atomic E-state index is 0.157. The number of carbonyl (C=O) groups is 1. The van der Waals surface area contributed by atoms with Crippen molar-refractivity contribution in [2.75, 3.05) is 13.6 Å². The zero-order valence-corrected chi connectivity index (χ0v) is 9.57. The number of hydrogen-bond acceptors (Lipinski definition) is 3. The van der Waals surface area contributed by atoms with E-state index in [0.29, 0.717) is 19.0 Å². The van der Waals surface area contributed by atoms with Crippen LogP contribution in [-0.4, -0.2) is 40.4 Å². The topological polar surface area (TPSA) is 61.0 Å². The summed E-state index contributed by atoms with van der Waals surface area (Å²) in [7, 11) is 1.81. The monoisotopic (exact) mass is 222 g/mol. The molecule has 5 heteroatoms. The van der Waals surface area contributed by atoms with Crippen LogP contribution in [0.5, 0.6) is 0 Å². The van der Waals surface area contributed by atoms with Gasteiger partial charge in [-0.05, 0) is 12.8 Å². The number of hydrogen-bond donors (Lipinski definition) is 2. The smallest absolute Gasteiger partial charge is 0.223 e. The molecule has 1 saturated carbocycles. The molecule has 0 unspecified atom stereocenters. The summed E-state index contributed by atoms with van der Waals surface area (Å²) in [5.74, 6) is 0.982. The molecule has 1 amide bonds. The predicted molar refractivity (Wildman–Crippen MR) is 60.7 cm³/mol. The van der Waals surface area contributed by atoms with Crippen LogP contribution in [0.1, 0.15) is 25.1 Å². The molecule has 0 aromatic carbocycles. The van der Waals surface area contributed by atoms with Gasteiger partial charge in [-0.25, -0.2) is 4.98 Å². The summed E-state index contributed by atoms with van der Waals surface area (Å²) in [5.41, 5.74) is 0. The number of H-pyrrole nitrogens is 1. The van der Waals surface area contributed by atoms with Crippen LogP contribution in [0.2, 0.25) is 0 Å². The fourth-order valence-corrected chi connectivity index (χ4v) is 1.56. The summed E-state index contributed by atoms with van der Waals surface area (Å²) >= 11 is 0. The average Bonchev–Trinajstić information content (AvgIpc) is 2.95. The lowest BCUT2D eigenvalue weighted by molar-refractivity contribution is -0.130. The third-order valence-corrected chi connectivity index (χ3v) is 2.72. The molecule has 0 saturated heterocycles. The van der Waals surface area contributed by atoms with Gasteiger partial charge >= 0.3 is 0 Å². The molecule has 2 N–H and O–H groups in total. The number of imidazole rings is 1. The van der Waals surface area contributed by atoms with Crippen molar-refractivity contribution in [3.8, 4) is 0 Å². The maximum atomic E-state index is 11.7. The van der Waals surface area contributed by atoms with Gasteiger partial charge in [0.15, 0.2) is 0 Å². The summed E-state index contributed by atoms with van der Waals surface area (Å²) in [6.07, 6.45) is 6.55. The Balaban J connectivity index is 1.66. The molecule has 1 fully saturated rings. The molecular weight excluding hydrogens is 204 g/mol. The first-order chi connectivity index (χ1) is 7.75. The van der Waals surface area contributed by atoms with Crippen molar-refractivity contribution in [3.63, 3.8) is 0 Å². The Kier molecular flexibility index (Phi) is 3.56. The Labute approximate surface area is 95.2 Å². The third kappa shape index (κ3) is 3.34. The van der Waals surface area contributed by atoms with E-state index in [-0.39, 0.29) is 5.91 Å². The number of carbonyl (C=O) groups excluding carboxylic acids is 1. The molecule has 1 aliphatic carbocycles. The van der Waals surface area contributed by atoms with E-state index in [1.165, 1.54) is 12.8 Å². The summed E-state index contributed by atoms with van der Waals surface area (Å²) in [4.78, 5) is 20.5. The highest BCUT2D eigenvalue weighted by Crippen LogP contribution is 2.18. The number of aromatic nitrogens is 2. The summed E-state index contributed by atoms with van der Waals surface area (Å²) in [6, 6.07) is 0.670. The van der Waals surface area contributed by atoms with Gasteiger partial charge in [0.25, 0.3) is 0 Å². The number of nitrogens with zero attached hydrogens (tertiary/aromatic N) is 2. The second-order valence-electron chi connectivity index (χ2n) is 4.26. The van der Waals surface area contributed by atoms with Crippen LogP contribution in [0.15, 0.2) is 12.4 Å². The molecule has 1 aromatic heterocycles. The van der Waals surface area contributed by atoms with E-state index in [2.05, 4.69) is 15.3 Å². The highest BCUT2D eigenvalue weighted by atomic mass is 16.2. The molecular formula is C11H18N4O. The Bertz CT molecular complexity index is 332. The van der Waals surface area contributed by atoms with Gasteiger partial charge in [-0.3, -0.25) is 4.79 Å². The Hall–Kier alpha value is -1.36. The molecule has 0 aliphatic heterocycles. The quantitative estimate of drug-likeness (QED) is 0.737. The molecule has 0 spiro atoms. The average molecular weight is 222 g/mol. The van der Waals surface area contributed by atoms with Crippen molar-refractivity contribution in [2.45, 2.75) is 31.8 Å². The molecule has 1 aliphatic rings. The van der Waals surface area contributed by atoms with Crippen LogP contribution in [0.3, 0.4) is 0 Å². The second kappa shape index (κ2) is 5.12. The minimum Gasteiger partial charge on any atom is -0.347 e. The minimum atomic E-state index is 0.157. The van der Waals surface area contributed by atoms with Crippen molar-refractivity contribution in [1.29, 1.82) is 0 Å². The van der Waals surface area contributed by atoms with Gasteiger partial charge in [-0.1, -0.05) is 0 Å². The predicted octanol–water partition coefficient (Wildman–Crippen LogP) is 0.510. The van der Waals surface area contributed by atoms with Crippen LogP contribution in [-0.2, 0) is 11.3 Å². The van der Waals surface area contributed by atoms with Crippen LogP contribution in [0.4, 0.5) is 0 Å². The number of amides is 1. The van der Waals surface area contributed by atoms with E-state index in [0.717, 1.165) is 12.4 Å². The van der Waals surface area contributed by atoms with Crippen LogP contribution < -0.4 is 5.32 Å². The van der Waals surface area contributed by atoms with Gasteiger partial charge in [0.2, 0.25) is 5.91 Å². The normalized spacial score (nSPS) is 15.1. The maximum absolute atomic E-state index is 11.7. The van der Waals surface area contributed by atoms with Crippen molar-refractivity contribution in [1.82, 2.24) is 20.2 Å². The fraction of sp³-hybridized carbons (Fsp3) is 0.636. The van der Waals surface area contributed by atoms with E-state index in [4.69, 9.17) is 0 Å². The van der Waals surface area contributed by atoms with Gasteiger partial charge in [-0.15, -0.1) is 0 Å². The van der Waals surface area contributed by atoms with Crippen molar-refractivity contribution < 1.29 is 4.79 Å². The van der Waals surface area contributed by atoms with E-state index < -0.39 is 0 Å². The summed E-state index contributed by atoms with van der Waals surface area (Å²) in [5, 5.41) is 3.33. The molecule has 16 heavy (non-hydrogen) atoms. The van der Waals surface area contributed by atoms with Gasteiger partial charge in [-0.2, -0.15) is 0 Å². The van der Waals surface area contributed by atoms with Crippen molar-refractivity contribution in [2.24, 2.45) is 0 Å². The van der Waals surface area contributed by atoms with Crippen molar-refractivity contribution in [3.05, 3.63) is 18.2 Å². The molecule has 0 radical (unpaired) electrons. The molecule has 0 bridgehead atoms. The van der Waals surface area contributed by atoms with E-state index >= 15 is 0 Å². The highest BCUT2D eigenvalue weighted by Gasteiger charge is 2.20. The van der Waals surface area contributed by atoms with E-state index in [1.54, 1.807) is 17.3 Å². The van der Waals surface area contributed by atoms with Crippen LogP contribution in [0, 0.1) is 0 Å². The largest absolute Gasteiger partial charge is 0.347 e. The first kappa shape index (κ1) is 11.1. The highest BCUT2D eigenvalue weighted by molar-refractivity contribution is 5.75. The molecule has 1 aromatic rings. The number of rotatable bonds is 6. The standard InChI is InChI=1S/C11H18N4O/c1-15(8-10-13-6-7-14-10)11(16)4-5-12-9-2-3-9/h6-7,9,12H,2-5,8H2,1H3,(H,13,14). The lowest BCUT2D eigenvalue weighted by atomic mass is 10.3. The van der Waals surface area contributed by atoms with Gasteiger partial charge in [0, 0.05) is 38.4 Å². The van der Waals surface area contributed by atoms with Gasteiger partial charge in [0.1, 0.15) is 5.82 Å². The second-order valence-corrected chi connectivity index (χ2v) is 4.26. The Morgan fingerprint density at radius 1 is 1.69 bits per heavy atom. The first-order valence-electron chi connectivity index (χ1n) is 5.71. The lowest BCUT2D eigenvalue weighted by Crippen LogP contribution is -2.30. The Morgan fingerprint density at radius 2 is 2.50 bits per heavy atom. The number of aromatic amines is 1. The summed E-state index contributed by atoms with van der Waals surface area (Å²) in [6.45, 7) is 1.33. The molecule has 88 valence electrons. The van der Waals surface area contributed by atoms with E-state index in [1.807, 2.05) is 7.05 Å². The lowest BCUT2D eigenvalue weighted by Gasteiger charge is -2.15. The number of nitrogens with one attached hydrogen (secondary N) is 2. The molecule has 5 nitrogen and oxygen atoms in total. The van der Waals surface area contributed by atoms with Gasteiger partial charge < -0.3 is 15.2 Å². The fourth-order valence-electron chi connectivity index (χ4n) is 1.56. The van der Waals surface area contributed by atoms with Crippen LogP contribution in [0.25, 0.3) is 0 Å². The van der Waals surface area contributed by atoms with Gasteiger partial charge in [0.05, 0.1) is 6.54 Å². The van der Waals surface area contributed by atoms with E-state index in [9.17, 15) is 4.79 Å². The molecule has 2 rings (SSSR count). The SMILES string of the molecule is CN(Cc1ncc[nH]1)C(=O)CCNC1CC1. The summed E-state index contributed by atoms with van der Waals surface area (Å²) < 4.78 is 0. The first-order valence-corrected chi connectivity index (χ1v) is 5.71.